The van der Waals surface area contributed by atoms with E-state index in [-0.39, 0.29) is 24.8 Å². The third kappa shape index (κ3) is 7.05. The third-order valence-corrected chi connectivity index (χ3v) is 4.79. The SMILES string of the molecule is CCCN(Cc1noc(CN)n1)C1CCCN(Cc2ccccc2)C1.Cl.Cl. The maximum Gasteiger partial charge on any atom is 0.240 e. The number of hydrogen-bond donors (Lipinski definition) is 1. The van der Waals surface area contributed by atoms with E-state index in [9.17, 15) is 0 Å². The first kappa shape index (κ1) is 23.9. The van der Waals surface area contributed by atoms with E-state index < -0.39 is 0 Å². The van der Waals surface area contributed by atoms with E-state index in [2.05, 4.69) is 57.2 Å². The molecule has 0 aliphatic carbocycles. The van der Waals surface area contributed by atoms with Crippen LogP contribution < -0.4 is 5.73 Å². The Balaban J connectivity index is 0.00000182. The van der Waals surface area contributed by atoms with Gasteiger partial charge in [-0.25, -0.2) is 0 Å². The van der Waals surface area contributed by atoms with Crippen LogP contribution in [0.2, 0.25) is 0 Å². The van der Waals surface area contributed by atoms with Crippen molar-refractivity contribution in [3.05, 3.63) is 47.6 Å². The normalized spacial score (nSPS) is 17.4. The Hall–Kier alpha value is -1.18. The monoisotopic (exact) mass is 415 g/mol. The smallest absolute Gasteiger partial charge is 0.240 e. The topological polar surface area (TPSA) is 71.4 Å². The Bertz CT molecular complexity index is 640. The van der Waals surface area contributed by atoms with Crippen LogP contribution in [0.5, 0.6) is 0 Å². The van der Waals surface area contributed by atoms with E-state index in [1.807, 2.05) is 0 Å². The molecule has 0 radical (unpaired) electrons. The first-order valence-corrected chi connectivity index (χ1v) is 9.30. The minimum atomic E-state index is 0. The Morgan fingerprint density at radius 3 is 2.70 bits per heavy atom. The average Bonchev–Trinajstić information content (AvgIpc) is 3.10. The predicted molar refractivity (Wildman–Crippen MR) is 112 cm³/mol. The zero-order chi connectivity index (χ0) is 17.5. The molecule has 2 aromatic rings. The van der Waals surface area contributed by atoms with Crippen molar-refractivity contribution in [1.29, 1.82) is 0 Å². The van der Waals surface area contributed by atoms with Crippen LogP contribution in [-0.2, 0) is 19.6 Å². The van der Waals surface area contributed by atoms with Gasteiger partial charge >= 0.3 is 0 Å². The van der Waals surface area contributed by atoms with E-state index in [4.69, 9.17) is 10.3 Å². The number of hydrogen-bond acceptors (Lipinski definition) is 6. The maximum atomic E-state index is 5.57. The lowest BCUT2D eigenvalue weighted by molar-refractivity contribution is 0.0852. The van der Waals surface area contributed by atoms with E-state index in [1.165, 1.54) is 24.9 Å². The zero-order valence-corrected chi connectivity index (χ0v) is 17.6. The number of nitrogens with two attached hydrogens (primary N) is 1. The first-order chi connectivity index (χ1) is 12.3. The minimum absolute atomic E-state index is 0. The second kappa shape index (κ2) is 12.3. The Labute approximate surface area is 174 Å². The largest absolute Gasteiger partial charge is 0.338 e. The molecule has 0 amide bonds. The fraction of sp³-hybridized carbons (Fsp3) is 0.579. The molecule has 3 rings (SSSR count). The first-order valence-electron chi connectivity index (χ1n) is 9.30. The third-order valence-electron chi connectivity index (χ3n) is 4.79. The van der Waals surface area contributed by atoms with Gasteiger partial charge in [0.15, 0.2) is 5.82 Å². The van der Waals surface area contributed by atoms with Crippen molar-refractivity contribution in [2.75, 3.05) is 19.6 Å². The molecule has 2 heterocycles. The highest BCUT2D eigenvalue weighted by atomic mass is 35.5. The van der Waals surface area contributed by atoms with Gasteiger partial charge in [0.25, 0.3) is 0 Å². The molecule has 6 nitrogen and oxygen atoms in total. The molecule has 1 fully saturated rings. The highest BCUT2D eigenvalue weighted by Crippen LogP contribution is 2.20. The summed E-state index contributed by atoms with van der Waals surface area (Å²) in [6.45, 7) is 7.60. The molecule has 1 saturated heterocycles. The van der Waals surface area contributed by atoms with Gasteiger partial charge in [-0.2, -0.15) is 4.98 Å². The molecule has 1 aromatic carbocycles. The molecule has 1 aliphatic rings. The quantitative estimate of drug-likeness (QED) is 0.713. The highest BCUT2D eigenvalue weighted by Gasteiger charge is 2.26. The van der Waals surface area contributed by atoms with Crippen molar-refractivity contribution in [3.63, 3.8) is 0 Å². The van der Waals surface area contributed by atoms with Crippen LogP contribution in [0.4, 0.5) is 0 Å². The number of benzene rings is 1. The summed E-state index contributed by atoms with van der Waals surface area (Å²) in [5.41, 5.74) is 6.96. The number of aromatic nitrogens is 2. The molecule has 1 aliphatic heterocycles. The Morgan fingerprint density at radius 1 is 1.26 bits per heavy atom. The van der Waals surface area contributed by atoms with Crippen molar-refractivity contribution >= 4 is 24.8 Å². The van der Waals surface area contributed by atoms with Crippen LogP contribution in [0.1, 0.15) is 43.5 Å². The highest BCUT2D eigenvalue weighted by molar-refractivity contribution is 5.85. The number of piperidine rings is 1. The molecule has 0 spiro atoms. The lowest BCUT2D eigenvalue weighted by atomic mass is 10.0. The molecule has 27 heavy (non-hydrogen) atoms. The van der Waals surface area contributed by atoms with Crippen LogP contribution in [0.25, 0.3) is 0 Å². The molecule has 1 aromatic heterocycles. The fourth-order valence-electron chi connectivity index (χ4n) is 3.61. The van der Waals surface area contributed by atoms with Crippen molar-refractivity contribution in [2.45, 2.75) is 51.9 Å². The van der Waals surface area contributed by atoms with Gasteiger partial charge in [0.1, 0.15) is 0 Å². The standard InChI is InChI=1S/C19H29N5O.2ClH/c1-2-10-24(15-18-21-19(12-20)25-22-18)17-9-6-11-23(14-17)13-16-7-4-3-5-8-16;;/h3-5,7-8,17H,2,6,9-15,20H2,1H3;2*1H. The summed E-state index contributed by atoms with van der Waals surface area (Å²) >= 11 is 0. The van der Waals surface area contributed by atoms with Gasteiger partial charge in [0, 0.05) is 19.1 Å². The Morgan fingerprint density at radius 2 is 2.04 bits per heavy atom. The summed E-state index contributed by atoms with van der Waals surface area (Å²) in [5.74, 6) is 1.26. The lowest BCUT2D eigenvalue weighted by Crippen LogP contribution is -2.47. The predicted octanol–water partition coefficient (Wildman–Crippen LogP) is 3.25. The summed E-state index contributed by atoms with van der Waals surface area (Å²) in [6, 6.07) is 11.3. The van der Waals surface area contributed by atoms with E-state index in [1.54, 1.807) is 0 Å². The summed E-state index contributed by atoms with van der Waals surface area (Å²) < 4.78 is 5.16. The molecular weight excluding hydrogens is 385 g/mol. The van der Waals surface area contributed by atoms with Crippen molar-refractivity contribution in [3.8, 4) is 0 Å². The Kier molecular flexibility index (Phi) is 10.9. The van der Waals surface area contributed by atoms with Crippen LogP contribution >= 0.6 is 24.8 Å². The number of nitrogens with zero attached hydrogens (tertiary/aromatic N) is 4. The molecular formula is C19H31Cl2N5O. The van der Waals surface area contributed by atoms with E-state index >= 15 is 0 Å². The minimum Gasteiger partial charge on any atom is -0.338 e. The molecule has 2 N–H and O–H groups in total. The average molecular weight is 416 g/mol. The van der Waals surface area contributed by atoms with Gasteiger partial charge in [-0.05, 0) is 37.9 Å². The molecule has 0 bridgehead atoms. The number of halogens is 2. The van der Waals surface area contributed by atoms with Gasteiger partial charge < -0.3 is 10.3 Å². The van der Waals surface area contributed by atoms with Crippen molar-refractivity contribution in [2.24, 2.45) is 5.73 Å². The van der Waals surface area contributed by atoms with E-state index in [0.717, 1.165) is 38.4 Å². The zero-order valence-electron chi connectivity index (χ0n) is 15.9. The second-order valence-electron chi connectivity index (χ2n) is 6.80. The van der Waals surface area contributed by atoms with Gasteiger partial charge in [0.05, 0.1) is 13.1 Å². The van der Waals surface area contributed by atoms with Crippen molar-refractivity contribution in [1.82, 2.24) is 19.9 Å². The van der Waals surface area contributed by atoms with Crippen LogP contribution in [0, 0.1) is 0 Å². The van der Waals surface area contributed by atoms with Gasteiger partial charge in [-0.3, -0.25) is 9.80 Å². The molecule has 1 unspecified atom stereocenters. The molecule has 1 atom stereocenters. The second-order valence-corrected chi connectivity index (χ2v) is 6.80. The van der Waals surface area contributed by atoms with Crippen molar-refractivity contribution < 1.29 is 4.52 Å². The molecule has 152 valence electrons. The van der Waals surface area contributed by atoms with Gasteiger partial charge in [0.2, 0.25) is 5.89 Å². The van der Waals surface area contributed by atoms with E-state index in [0.29, 0.717) is 18.5 Å². The van der Waals surface area contributed by atoms with Gasteiger partial charge in [-0.1, -0.05) is 42.4 Å². The summed E-state index contributed by atoms with van der Waals surface area (Å²) in [4.78, 5) is 9.44. The number of likely N-dealkylation sites (tertiary alicyclic amines) is 1. The fourth-order valence-corrected chi connectivity index (χ4v) is 3.61. The van der Waals surface area contributed by atoms with Gasteiger partial charge in [-0.15, -0.1) is 24.8 Å². The molecule has 8 heteroatoms. The summed E-state index contributed by atoms with van der Waals surface area (Å²) in [6.07, 6.45) is 3.58. The molecule has 0 saturated carbocycles. The summed E-state index contributed by atoms with van der Waals surface area (Å²) in [5, 5.41) is 4.07. The van der Waals surface area contributed by atoms with Crippen LogP contribution in [0.15, 0.2) is 34.9 Å². The lowest BCUT2D eigenvalue weighted by Gasteiger charge is -2.39. The van der Waals surface area contributed by atoms with Crippen LogP contribution in [-0.4, -0.2) is 45.6 Å². The maximum absolute atomic E-state index is 5.57. The van der Waals surface area contributed by atoms with Crippen LogP contribution in [0.3, 0.4) is 0 Å². The number of rotatable bonds is 8. The summed E-state index contributed by atoms with van der Waals surface area (Å²) in [7, 11) is 0.